The van der Waals surface area contributed by atoms with Gasteiger partial charge in [0.25, 0.3) is 0 Å². The van der Waals surface area contributed by atoms with Crippen LogP contribution in [0.3, 0.4) is 0 Å². The smallest absolute Gasteiger partial charge is 0.422 e. The van der Waals surface area contributed by atoms with Crippen LogP contribution in [0.25, 0.3) is 0 Å². The number of pyridine rings is 1. The predicted octanol–water partition coefficient (Wildman–Crippen LogP) is 4.15. The number of hydrogen-bond donors (Lipinski definition) is 1. The molecule has 156 valence electrons. The fourth-order valence-corrected chi connectivity index (χ4v) is 3.06. The molecule has 0 unspecified atom stereocenters. The van der Waals surface area contributed by atoms with Gasteiger partial charge in [-0.1, -0.05) is 6.07 Å². The molecule has 1 N–H and O–H groups in total. The Hall–Kier alpha value is -2.84. The molecule has 1 saturated carbocycles. The van der Waals surface area contributed by atoms with Crippen molar-refractivity contribution >= 4 is 5.91 Å². The third kappa shape index (κ3) is 5.36. The number of alkyl halides is 3. The summed E-state index contributed by atoms with van der Waals surface area (Å²) in [5.74, 6) is -0.767. The maximum absolute atomic E-state index is 14.2. The minimum atomic E-state index is -4.43. The standard InChI is InChI=1S/C20H20F4N2O3/c1-11(18-6-4-13(9-25-18)29-10-20(22,23)24)26-19(27)16-8-15(16)14-5-3-12(28-2)7-17(14)21/h3-7,9,11,15-16H,8,10H2,1-2H3,(H,26,27)/t11-,15+,16-/m0/s1. The number of carbonyl (C=O) groups is 1. The number of halogens is 4. The molecule has 3 rings (SSSR count). The van der Waals surface area contributed by atoms with Crippen LogP contribution in [0.1, 0.15) is 36.6 Å². The number of benzene rings is 1. The molecule has 0 aliphatic heterocycles. The molecule has 1 aliphatic rings. The number of aromatic nitrogens is 1. The zero-order chi connectivity index (χ0) is 21.2. The minimum absolute atomic E-state index is 0.0122. The Kier molecular flexibility index (Phi) is 5.95. The Morgan fingerprint density at radius 2 is 2.00 bits per heavy atom. The second-order valence-corrected chi connectivity index (χ2v) is 6.89. The normalized spacial score (nSPS) is 19.4. The summed E-state index contributed by atoms with van der Waals surface area (Å²) in [6.07, 6.45) is -2.71. The largest absolute Gasteiger partial charge is 0.497 e. The predicted molar refractivity (Wildman–Crippen MR) is 96.1 cm³/mol. The van der Waals surface area contributed by atoms with Gasteiger partial charge in [-0.25, -0.2) is 4.39 Å². The van der Waals surface area contributed by atoms with Gasteiger partial charge in [0.2, 0.25) is 5.91 Å². The minimum Gasteiger partial charge on any atom is -0.497 e. The van der Waals surface area contributed by atoms with Gasteiger partial charge in [-0.15, -0.1) is 0 Å². The molecular weight excluding hydrogens is 392 g/mol. The zero-order valence-electron chi connectivity index (χ0n) is 15.8. The zero-order valence-corrected chi connectivity index (χ0v) is 15.8. The fraction of sp³-hybridized carbons (Fsp3) is 0.400. The highest BCUT2D eigenvalue weighted by Crippen LogP contribution is 2.49. The molecule has 0 spiro atoms. The van der Waals surface area contributed by atoms with Crippen LogP contribution in [0.4, 0.5) is 17.6 Å². The van der Waals surface area contributed by atoms with Gasteiger partial charge in [-0.3, -0.25) is 9.78 Å². The lowest BCUT2D eigenvalue weighted by atomic mass is 10.1. The number of nitrogens with zero attached hydrogens (tertiary/aromatic N) is 1. The van der Waals surface area contributed by atoms with E-state index in [0.29, 0.717) is 23.4 Å². The molecule has 1 fully saturated rings. The first-order valence-corrected chi connectivity index (χ1v) is 8.97. The molecular formula is C20H20F4N2O3. The van der Waals surface area contributed by atoms with Crippen molar-refractivity contribution in [3.8, 4) is 11.5 Å². The maximum atomic E-state index is 14.2. The molecule has 5 nitrogen and oxygen atoms in total. The molecule has 0 saturated heterocycles. The molecule has 9 heteroatoms. The van der Waals surface area contributed by atoms with E-state index in [2.05, 4.69) is 15.0 Å². The van der Waals surface area contributed by atoms with Crippen LogP contribution in [0.5, 0.6) is 11.5 Å². The SMILES string of the molecule is COc1ccc([C@H]2C[C@@H]2C(=O)N[C@@H](C)c2ccc(OCC(F)(F)F)cn2)c(F)c1. The molecule has 1 aliphatic carbocycles. The molecule has 2 aromatic rings. The number of methoxy groups -OCH3 is 1. The van der Waals surface area contributed by atoms with Crippen LogP contribution in [0.2, 0.25) is 0 Å². The van der Waals surface area contributed by atoms with Gasteiger partial charge in [-0.2, -0.15) is 13.2 Å². The third-order valence-electron chi connectivity index (χ3n) is 4.70. The first-order valence-electron chi connectivity index (χ1n) is 8.97. The highest BCUT2D eigenvalue weighted by atomic mass is 19.4. The fourth-order valence-electron chi connectivity index (χ4n) is 3.06. The van der Waals surface area contributed by atoms with Crippen molar-refractivity contribution in [2.45, 2.75) is 31.5 Å². The van der Waals surface area contributed by atoms with E-state index in [4.69, 9.17) is 4.74 Å². The van der Waals surface area contributed by atoms with Crippen LogP contribution in [0.15, 0.2) is 36.5 Å². The third-order valence-corrected chi connectivity index (χ3v) is 4.70. The van der Waals surface area contributed by atoms with Crippen molar-refractivity contribution in [2.24, 2.45) is 5.92 Å². The van der Waals surface area contributed by atoms with Crippen LogP contribution in [-0.4, -0.2) is 30.8 Å². The topological polar surface area (TPSA) is 60.5 Å². The first-order chi connectivity index (χ1) is 13.7. The Labute approximate surface area is 165 Å². The van der Waals surface area contributed by atoms with Crippen LogP contribution >= 0.6 is 0 Å². The van der Waals surface area contributed by atoms with Crippen molar-refractivity contribution in [1.82, 2.24) is 10.3 Å². The Bertz CT molecular complexity index is 871. The molecule has 1 aromatic carbocycles. The van der Waals surface area contributed by atoms with E-state index in [1.165, 1.54) is 31.5 Å². The average Bonchev–Trinajstić information content (AvgIpc) is 3.46. The lowest BCUT2D eigenvalue weighted by Gasteiger charge is -2.14. The van der Waals surface area contributed by atoms with E-state index in [1.807, 2.05) is 0 Å². The first kappa shape index (κ1) is 20.9. The molecule has 1 aromatic heterocycles. The summed E-state index contributed by atoms with van der Waals surface area (Å²) in [7, 11) is 1.45. The summed E-state index contributed by atoms with van der Waals surface area (Å²) in [4.78, 5) is 16.5. The van der Waals surface area contributed by atoms with Crippen molar-refractivity contribution in [3.63, 3.8) is 0 Å². The van der Waals surface area contributed by atoms with Gasteiger partial charge < -0.3 is 14.8 Å². The highest BCUT2D eigenvalue weighted by Gasteiger charge is 2.45. The number of rotatable bonds is 7. The summed E-state index contributed by atoms with van der Waals surface area (Å²) in [6, 6.07) is 6.96. The average molecular weight is 412 g/mol. The summed E-state index contributed by atoms with van der Waals surface area (Å²) in [5, 5.41) is 2.81. The molecule has 1 heterocycles. The van der Waals surface area contributed by atoms with E-state index in [9.17, 15) is 22.4 Å². The number of amides is 1. The number of nitrogens with one attached hydrogen (secondary N) is 1. The Morgan fingerprint density at radius 1 is 1.28 bits per heavy atom. The van der Waals surface area contributed by atoms with E-state index in [0.717, 1.165) is 0 Å². The van der Waals surface area contributed by atoms with Gasteiger partial charge in [0.05, 0.1) is 25.0 Å². The summed E-state index contributed by atoms with van der Waals surface area (Å²) in [6.45, 7) is 0.313. The van der Waals surface area contributed by atoms with Crippen LogP contribution in [-0.2, 0) is 4.79 Å². The second-order valence-electron chi connectivity index (χ2n) is 6.89. The van der Waals surface area contributed by atoms with Gasteiger partial charge >= 0.3 is 6.18 Å². The Morgan fingerprint density at radius 3 is 2.59 bits per heavy atom. The van der Waals surface area contributed by atoms with Crippen LogP contribution < -0.4 is 14.8 Å². The van der Waals surface area contributed by atoms with E-state index in [-0.39, 0.29) is 23.5 Å². The summed E-state index contributed by atoms with van der Waals surface area (Å²) < 4.78 is 60.2. The summed E-state index contributed by atoms with van der Waals surface area (Å²) >= 11 is 0. The van der Waals surface area contributed by atoms with Crippen molar-refractivity contribution < 1.29 is 31.8 Å². The van der Waals surface area contributed by atoms with Gasteiger partial charge in [0, 0.05) is 12.0 Å². The van der Waals surface area contributed by atoms with Gasteiger partial charge in [0.15, 0.2) is 6.61 Å². The monoisotopic (exact) mass is 412 g/mol. The number of hydrogen-bond acceptors (Lipinski definition) is 4. The molecule has 3 atom stereocenters. The van der Waals surface area contributed by atoms with E-state index in [1.54, 1.807) is 19.1 Å². The van der Waals surface area contributed by atoms with Crippen molar-refractivity contribution in [1.29, 1.82) is 0 Å². The van der Waals surface area contributed by atoms with E-state index < -0.39 is 24.6 Å². The van der Waals surface area contributed by atoms with Crippen molar-refractivity contribution in [3.05, 3.63) is 53.6 Å². The van der Waals surface area contributed by atoms with Crippen molar-refractivity contribution in [2.75, 3.05) is 13.7 Å². The molecule has 0 radical (unpaired) electrons. The maximum Gasteiger partial charge on any atom is 0.422 e. The van der Waals surface area contributed by atoms with Gasteiger partial charge in [-0.05, 0) is 43.0 Å². The summed E-state index contributed by atoms with van der Waals surface area (Å²) in [5.41, 5.74) is 0.952. The number of carbonyl (C=O) groups excluding carboxylic acids is 1. The van der Waals surface area contributed by atoms with Gasteiger partial charge in [0.1, 0.15) is 17.3 Å². The number of ether oxygens (including phenoxy) is 2. The van der Waals surface area contributed by atoms with Crippen LogP contribution in [0, 0.1) is 11.7 Å². The quantitative estimate of drug-likeness (QED) is 0.694. The highest BCUT2D eigenvalue weighted by molar-refractivity contribution is 5.83. The lowest BCUT2D eigenvalue weighted by molar-refractivity contribution is -0.153. The molecule has 0 bridgehead atoms. The molecule has 1 amide bonds. The van der Waals surface area contributed by atoms with E-state index >= 15 is 0 Å². The Balaban J connectivity index is 1.55. The molecule has 29 heavy (non-hydrogen) atoms. The second kappa shape index (κ2) is 8.26. The lowest BCUT2D eigenvalue weighted by Crippen LogP contribution is -2.29.